The van der Waals surface area contributed by atoms with Gasteiger partial charge in [0, 0.05) is 16.8 Å². The summed E-state index contributed by atoms with van der Waals surface area (Å²) in [5.74, 6) is 0. The standard InChI is InChI=1S/C45H37N/c1-45(2)42-21-10-9-19-40(42)41-20-12-22-43(44(41)45)46(38-27-23-34(24-28-38)32-13-5-3-6-14-32)39-29-25-35(26-30-39)37-18-11-17-36(31-37)33-15-7-4-8-16-33/h3-21,23-31,43H,22H2,1-2H3. The van der Waals surface area contributed by atoms with E-state index >= 15 is 0 Å². The zero-order valence-electron chi connectivity index (χ0n) is 26.4. The molecule has 0 N–H and O–H groups in total. The molecule has 0 radical (unpaired) electrons. The van der Waals surface area contributed by atoms with Crippen molar-refractivity contribution in [3.05, 3.63) is 187 Å². The van der Waals surface area contributed by atoms with E-state index in [0.717, 1.165) is 6.42 Å². The Hall–Kier alpha value is -5.40. The largest absolute Gasteiger partial charge is 0.334 e. The minimum Gasteiger partial charge on any atom is -0.334 e. The van der Waals surface area contributed by atoms with Gasteiger partial charge in [-0.1, -0.05) is 153 Å². The lowest BCUT2D eigenvalue weighted by Crippen LogP contribution is -2.39. The van der Waals surface area contributed by atoms with Crippen molar-refractivity contribution in [2.24, 2.45) is 0 Å². The molecule has 1 heteroatoms. The third-order valence-electron chi connectivity index (χ3n) is 9.84. The first-order chi connectivity index (χ1) is 22.6. The lowest BCUT2D eigenvalue weighted by Gasteiger charge is -2.41. The Labute approximate surface area is 272 Å². The molecule has 46 heavy (non-hydrogen) atoms. The van der Waals surface area contributed by atoms with Gasteiger partial charge in [-0.15, -0.1) is 0 Å². The maximum absolute atomic E-state index is 2.57. The van der Waals surface area contributed by atoms with Crippen molar-refractivity contribution in [2.45, 2.75) is 31.7 Å². The third-order valence-corrected chi connectivity index (χ3v) is 9.84. The average molecular weight is 592 g/mol. The second kappa shape index (κ2) is 11.5. The summed E-state index contributed by atoms with van der Waals surface area (Å²) in [7, 11) is 0. The Morgan fingerprint density at radius 1 is 0.500 bits per heavy atom. The van der Waals surface area contributed by atoms with Crippen molar-refractivity contribution in [1.29, 1.82) is 0 Å². The highest BCUT2D eigenvalue weighted by molar-refractivity contribution is 5.89. The van der Waals surface area contributed by atoms with Crippen LogP contribution in [0.3, 0.4) is 0 Å². The molecule has 1 unspecified atom stereocenters. The molecule has 1 atom stereocenters. The summed E-state index contributed by atoms with van der Waals surface area (Å²) in [6.07, 6.45) is 5.69. The van der Waals surface area contributed by atoms with Crippen LogP contribution < -0.4 is 4.90 Å². The molecule has 0 spiro atoms. The summed E-state index contributed by atoms with van der Waals surface area (Å²) in [6, 6.07) is 57.6. The highest BCUT2D eigenvalue weighted by Crippen LogP contribution is 2.52. The first kappa shape index (κ1) is 28.1. The SMILES string of the molecule is CC1(C)C2=C(C=CCC2N(c2ccc(-c3ccccc3)cc2)c2ccc(-c3cccc(-c4ccccc4)c3)cc2)c2ccccc21. The summed E-state index contributed by atoms with van der Waals surface area (Å²) in [5.41, 5.74) is 15.4. The topological polar surface area (TPSA) is 3.24 Å². The molecule has 8 rings (SSSR count). The van der Waals surface area contributed by atoms with Crippen LogP contribution >= 0.6 is 0 Å². The number of anilines is 2. The molecule has 0 aliphatic heterocycles. The Balaban J connectivity index is 1.21. The van der Waals surface area contributed by atoms with Crippen molar-refractivity contribution >= 4 is 16.9 Å². The Kier molecular flexibility index (Phi) is 7.03. The van der Waals surface area contributed by atoms with Crippen molar-refractivity contribution in [3.63, 3.8) is 0 Å². The third kappa shape index (κ3) is 4.89. The van der Waals surface area contributed by atoms with Gasteiger partial charge in [0.2, 0.25) is 0 Å². The van der Waals surface area contributed by atoms with Gasteiger partial charge >= 0.3 is 0 Å². The summed E-state index contributed by atoms with van der Waals surface area (Å²) < 4.78 is 0. The molecule has 0 saturated heterocycles. The molecule has 2 aliphatic rings. The van der Waals surface area contributed by atoms with E-state index in [4.69, 9.17) is 0 Å². The Morgan fingerprint density at radius 2 is 0.978 bits per heavy atom. The maximum Gasteiger partial charge on any atom is 0.0603 e. The maximum atomic E-state index is 2.57. The minimum absolute atomic E-state index is 0.0681. The van der Waals surface area contributed by atoms with Crippen molar-refractivity contribution in [1.82, 2.24) is 0 Å². The van der Waals surface area contributed by atoms with Crippen molar-refractivity contribution in [2.75, 3.05) is 4.90 Å². The van der Waals surface area contributed by atoms with Gasteiger partial charge in [0.15, 0.2) is 0 Å². The molecule has 6 aromatic carbocycles. The molecule has 0 heterocycles. The summed E-state index contributed by atoms with van der Waals surface area (Å²) >= 11 is 0. The predicted molar refractivity (Wildman–Crippen MR) is 195 cm³/mol. The van der Waals surface area contributed by atoms with Crippen LogP contribution in [0.15, 0.2) is 175 Å². The molecule has 2 aliphatic carbocycles. The molecule has 6 aromatic rings. The highest BCUT2D eigenvalue weighted by Gasteiger charge is 2.43. The monoisotopic (exact) mass is 591 g/mol. The number of benzene rings is 6. The highest BCUT2D eigenvalue weighted by atomic mass is 15.2. The van der Waals surface area contributed by atoms with E-state index in [1.165, 1.54) is 67.0 Å². The number of fused-ring (bicyclic) bond motifs is 2. The zero-order chi connectivity index (χ0) is 31.1. The van der Waals surface area contributed by atoms with Crippen LogP contribution in [-0.2, 0) is 5.41 Å². The lowest BCUT2D eigenvalue weighted by molar-refractivity contribution is 0.563. The Bertz CT molecular complexity index is 2060. The summed E-state index contributed by atoms with van der Waals surface area (Å²) in [5, 5.41) is 0. The van der Waals surface area contributed by atoms with Gasteiger partial charge in [0.05, 0.1) is 6.04 Å². The fourth-order valence-electron chi connectivity index (χ4n) is 7.61. The molecule has 0 aromatic heterocycles. The van der Waals surface area contributed by atoms with E-state index in [-0.39, 0.29) is 11.5 Å². The number of nitrogens with zero attached hydrogens (tertiary/aromatic N) is 1. The van der Waals surface area contributed by atoms with Crippen LogP contribution in [-0.4, -0.2) is 6.04 Å². The molecule has 0 bridgehead atoms. The van der Waals surface area contributed by atoms with Crippen molar-refractivity contribution in [3.8, 4) is 33.4 Å². The fourth-order valence-corrected chi connectivity index (χ4v) is 7.61. The normalized spacial score (nSPS) is 16.2. The van der Waals surface area contributed by atoms with E-state index in [9.17, 15) is 0 Å². The molecule has 0 fully saturated rings. The van der Waals surface area contributed by atoms with Gasteiger partial charge in [-0.3, -0.25) is 0 Å². The summed E-state index contributed by atoms with van der Waals surface area (Å²) in [4.78, 5) is 2.57. The van der Waals surface area contributed by atoms with Crippen LogP contribution in [0.2, 0.25) is 0 Å². The zero-order valence-corrected chi connectivity index (χ0v) is 26.4. The number of rotatable bonds is 6. The number of allylic oxidation sites excluding steroid dienone is 2. The van der Waals surface area contributed by atoms with E-state index in [1.54, 1.807) is 0 Å². The minimum atomic E-state index is -0.0681. The van der Waals surface area contributed by atoms with Crippen molar-refractivity contribution < 1.29 is 0 Å². The molecular weight excluding hydrogens is 555 g/mol. The second-order valence-electron chi connectivity index (χ2n) is 12.9. The second-order valence-corrected chi connectivity index (χ2v) is 12.9. The van der Waals surface area contributed by atoms with E-state index in [2.05, 4.69) is 189 Å². The van der Waals surface area contributed by atoms with E-state index in [1.807, 2.05) is 0 Å². The molecule has 0 amide bonds. The number of hydrogen-bond donors (Lipinski definition) is 0. The average Bonchev–Trinajstić information content (AvgIpc) is 3.36. The van der Waals surface area contributed by atoms with E-state index < -0.39 is 0 Å². The first-order valence-corrected chi connectivity index (χ1v) is 16.3. The van der Waals surface area contributed by atoms with Crippen LogP contribution in [0.5, 0.6) is 0 Å². The van der Waals surface area contributed by atoms with Gasteiger partial charge in [-0.05, 0) is 92.4 Å². The van der Waals surface area contributed by atoms with E-state index in [0.29, 0.717) is 0 Å². The lowest BCUT2D eigenvalue weighted by atomic mass is 9.75. The predicted octanol–water partition coefficient (Wildman–Crippen LogP) is 11.9. The van der Waals surface area contributed by atoms with Crippen LogP contribution in [0.1, 0.15) is 31.4 Å². The number of hydrogen-bond acceptors (Lipinski definition) is 1. The van der Waals surface area contributed by atoms with Gasteiger partial charge in [0.25, 0.3) is 0 Å². The molecule has 1 nitrogen and oxygen atoms in total. The smallest absolute Gasteiger partial charge is 0.0603 e. The quantitative estimate of drug-likeness (QED) is 0.186. The summed E-state index contributed by atoms with van der Waals surface area (Å²) in [6.45, 7) is 4.81. The molecule has 0 saturated carbocycles. The Morgan fingerprint density at radius 3 is 1.59 bits per heavy atom. The fraction of sp³-hybridized carbons (Fsp3) is 0.111. The molecular formula is C45H37N. The van der Waals surface area contributed by atoms with Crippen LogP contribution in [0, 0.1) is 0 Å². The van der Waals surface area contributed by atoms with Gasteiger partial charge in [0.1, 0.15) is 0 Å². The van der Waals surface area contributed by atoms with Gasteiger partial charge < -0.3 is 4.90 Å². The van der Waals surface area contributed by atoms with Crippen LogP contribution in [0.25, 0.3) is 39.0 Å². The molecule has 222 valence electrons. The van der Waals surface area contributed by atoms with Crippen LogP contribution in [0.4, 0.5) is 11.4 Å². The first-order valence-electron chi connectivity index (χ1n) is 16.3. The van der Waals surface area contributed by atoms with Gasteiger partial charge in [-0.2, -0.15) is 0 Å². The van der Waals surface area contributed by atoms with Gasteiger partial charge in [-0.25, -0.2) is 0 Å².